The summed E-state index contributed by atoms with van der Waals surface area (Å²) in [5, 5.41) is 2.73. The smallest absolute Gasteiger partial charge is 0.314 e. The maximum atomic E-state index is 8.74. The van der Waals surface area contributed by atoms with Crippen LogP contribution in [0, 0.1) is 0 Å². The van der Waals surface area contributed by atoms with Crippen LogP contribution in [-0.4, -0.2) is 9.79 Å². The molecule has 92 valence electrons. The molecule has 0 saturated heterocycles. The maximum absolute atomic E-state index is 8.74. The van der Waals surface area contributed by atoms with Crippen molar-refractivity contribution in [1.82, 2.24) is 0 Å². The minimum Gasteiger partial charge on any atom is -0.326 e. The van der Waals surface area contributed by atoms with Gasteiger partial charge < -0.3 is 9.79 Å². The van der Waals surface area contributed by atoms with Gasteiger partial charge in [0.15, 0.2) is 0 Å². The van der Waals surface area contributed by atoms with Crippen molar-refractivity contribution in [2.75, 3.05) is 0 Å². The van der Waals surface area contributed by atoms with E-state index in [1.54, 1.807) is 0 Å². The van der Waals surface area contributed by atoms with Gasteiger partial charge in [-0.2, -0.15) is 0 Å². The number of hydrogen-bond donors (Lipinski definition) is 2. The van der Waals surface area contributed by atoms with Gasteiger partial charge in [-0.25, -0.2) is 0 Å². The Bertz CT molecular complexity index is 499. The topological polar surface area (TPSA) is 57.5 Å². The van der Waals surface area contributed by atoms with Crippen LogP contribution in [-0.2, 0) is 4.57 Å². The summed E-state index contributed by atoms with van der Waals surface area (Å²) in [6.07, 6.45) is 0. The third kappa shape index (κ3) is 4.31. The highest BCUT2D eigenvalue weighted by molar-refractivity contribution is 7.30. The molecule has 0 fully saturated rings. The first kappa shape index (κ1) is 13.9. The van der Waals surface area contributed by atoms with Gasteiger partial charge in [0, 0.05) is 0 Å². The Morgan fingerprint density at radius 3 is 2.12 bits per heavy atom. The summed E-state index contributed by atoms with van der Waals surface area (Å²) in [5.41, 5.74) is 1.44. The molecular formula is C13H17O3P. The molecule has 17 heavy (non-hydrogen) atoms. The summed E-state index contributed by atoms with van der Waals surface area (Å²) >= 11 is 0. The van der Waals surface area contributed by atoms with Gasteiger partial charge in [-0.05, 0) is 22.3 Å². The minimum atomic E-state index is -3.13. The van der Waals surface area contributed by atoms with Gasteiger partial charge >= 0.3 is 8.25 Å². The first-order chi connectivity index (χ1) is 8.02. The van der Waals surface area contributed by atoms with Crippen LogP contribution in [0.4, 0.5) is 0 Å². The third-order valence-corrected chi connectivity index (χ3v) is 2.45. The van der Waals surface area contributed by atoms with Crippen LogP contribution < -0.4 is 0 Å². The number of hydrogen-bond acceptors (Lipinski definition) is 1. The van der Waals surface area contributed by atoms with Crippen molar-refractivity contribution in [2.24, 2.45) is 0 Å². The Kier molecular flexibility index (Phi) is 5.36. The van der Waals surface area contributed by atoms with Gasteiger partial charge in [0.05, 0.1) is 0 Å². The molecule has 0 aliphatic carbocycles. The van der Waals surface area contributed by atoms with E-state index >= 15 is 0 Å². The Morgan fingerprint density at radius 1 is 1.00 bits per heavy atom. The maximum Gasteiger partial charge on any atom is 0.314 e. The average molecular weight is 252 g/mol. The molecule has 2 aromatic rings. The molecule has 3 nitrogen and oxygen atoms in total. The van der Waals surface area contributed by atoms with E-state index < -0.39 is 8.25 Å². The molecule has 0 heterocycles. The zero-order valence-electron chi connectivity index (χ0n) is 9.92. The fourth-order valence-corrected chi connectivity index (χ4v) is 1.75. The van der Waals surface area contributed by atoms with Gasteiger partial charge in [0.1, 0.15) is 0 Å². The summed E-state index contributed by atoms with van der Waals surface area (Å²) < 4.78 is 8.74. The Hall–Kier alpha value is -1.15. The molecule has 2 aromatic carbocycles. The predicted molar refractivity (Wildman–Crippen MR) is 71.5 cm³/mol. The molecule has 0 radical (unpaired) electrons. The highest BCUT2D eigenvalue weighted by Crippen LogP contribution is 2.24. The molecular weight excluding hydrogens is 235 g/mol. The van der Waals surface area contributed by atoms with Gasteiger partial charge in [-0.15, -0.1) is 0 Å². The molecule has 4 heteroatoms. The molecule has 0 aliphatic heterocycles. The lowest BCUT2D eigenvalue weighted by atomic mass is 9.96. The summed E-state index contributed by atoms with van der Waals surface area (Å²) in [4.78, 5) is 14.3. The molecule has 0 saturated carbocycles. The highest BCUT2D eigenvalue weighted by Gasteiger charge is 2.02. The second-order valence-corrected chi connectivity index (χ2v) is 4.57. The van der Waals surface area contributed by atoms with Crippen LogP contribution in [0.1, 0.15) is 25.3 Å². The minimum absolute atomic E-state index is 0.603. The number of rotatable bonds is 1. The standard InChI is InChI=1S/C13H14.H3O3P/c1-10(2)12-9-5-7-11-6-3-4-8-13(11)12;1-4(2)3/h3-10H,1-2H3;4H,(H2,1,2,3). The van der Waals surface area contributed by atoms with Crippen molar-refractivity contribution in [2.45, 2.75) is 19.8 Å². The molecule has 2 N–H and O–H groups in total. The lowest BCUT2D eigenvalue weighted by Gasteiger charge is -2.08. The average Bonchev–Trinajstić information content (AvgIpc) is 2.27. The first-order valence-electron chi connectivity index (χ1n) is 5.42. The van der Waals surface area contributed by atoms with Crippen LogP contribution in [0.2, 0.25) is 0 Å². The van der Waals surface area contributed by atoms with Crippen LogP contribution in [0.3, 0.4) is 0 Å². The first-order valence-corrected chi connectivity index (χ1v) is 6.72. The van der Waals surface area contributed by atoms with Crippen molar-refractivity contribution in [3.8, 4) is 0 Å². The summed E-state index contributed by atoms with van der Waals surface area (Å²) in [6.45, 7) is 4.48. The summed E-state index contributed by atoms with van der Waals surface area (Å²) in [5.74, 6) is 0.603. The van der Waals surface area contributed by atoms with Crippen molar-refractivity contribution in [3.63, 3.8) is 0 Å². The Morgan fingerprint density at radius 2 is 1.53 bits per heavy atom. The van der Waals surface area contributed by atoms with Crippen LogP contribution in [0.15, 0.2) is 42.5 Å². The molecule has 0 unspecified atom stereocenters. The van der Waals surface area contributed by atoms with Crippen molar-refractivity contribution in [3.05, 3.63) is 48.0 Å². The zero-order chi connectivity index (χ0) is 12.8. The second kappa shape index (κ2) is 6.55. The van der Waals surface area contributed by atoms with E-state index in [2.05, 4.69) is 56.3 Å². The Balaban J connectivity index is 0.000000317. The van der Waals surface area contributed by atoms with Gasteiger partial charge in [0.2, 0.25) is 0 Å². The highest BCUT2D eigenvalue weighted by atomic mass is 31.1. The summed E-state index contributed by atoms with van der Waals surface area (Å²) in [7, 11) is -3.13. The lowest BCUT2D eigenvalue weighted by Crippen LogP contribution is -1.88. The number of fused-ring (bicyclic) bond motifs is 1. The van der Waals surface area contributed by atoms with E-state index in [9.17, 15) is 0 Å². The SMILES string of the molecule is CC(C)c1cccc2ccccc12.O=[PH](O)O. The van der Waals surface area contributed by atoms with Crippen molar-refractivity contribution < 1.29 is 14.4 Å². The molecule has 0 atom stereocenters. The van der Waals surface area contributed by atoms with Crippen LogP contribution >= 0.6 is 8.25 Å². The van der Waals surface area contributed by atoms with Gasteiger partial charge in [0.25, 0.3) is 0 Å². The molecule has 0 aromatic heterocycles. The van der Waals surface area contributed by atoms with E-state index in [0.717, 1.165) is 0 Å². The monoisotopic (exact) mass is 252 g/mol. The lowest BCUT2D eigenvalue weighted by molar-refractivity contribution is 0.405. The fraction of sp³-hybridized carbons (Fsp3) is 0.231. The van der Waals surface area contributed by atoms with Crippen LogP contribution in [0.5, 0.6) is 0 Å². The molecule has 0 bridgehead atoms. The normalized spacial score (nSPS) is 10.5. The fourth-order valence-electron chi connectivity index (χ4n) is 1.75. The zero-order valence-corrected chi connectivity index (χ0v) is 10.9. The van der Waals surface area contributed by atoms with Gasteiger partial charge in [-0.1, -0.05) is 56.3 Å². The van der Waals surface area contributed by atoms with E-state index in [-0.39, 0.29) is 0 Å². The molecule has 0 spiro atoms. The van der Waals surface area contributed by atoms with Crippen molar-refractivity contribution >= 4 is 19.0 Å². The Labute approximate surface area is 102 Å². The predicted octanol–water partition coefficient (Wildman–Crippen LogP) is 3.32. The second-order valence-electron chi connectivity index (χ2n) is 4.01. The largest absolute Gasteiger partial charge is 0.326 e. The van der Waals surface area contributed by atoms with Crippen LogP contribution in [0.25, 0.3) is 10.8 Å². The molecule has 2 rings (SSSR count). The van der Waals surface area contributed by atoms with E-state index in [4.69, 9.17) is 14.4 Å². The molecule has 0 aliphatic rings. The number of benzene rings is 2. The van der Waals surface area contributed by atoms with E-state index in [1.807, 2.05) is 0 Å². The third-order valence-electron chi connectivity index (χ3n) is 2.45. The van der Waals surface area contributed by atoms with Crippen molar-refractivity contribution in [1.29, 1.82) is 0 Å². The van der Waals surface area contributed by atoms with E-state index in [1.165, 1.54) is 16.3 Å². The van der Waals surface area contributed by atoms with E-state index in [0.29, 0.717) is 5.92 Å². The molecule has 0 amide bonds. The quantitative estimate of drug-likeness (QED) is 0.765. The van der Waals surface area contributed by atoms with Gasteiger partial charge in [-0.3, -0.25) is 4.57 Å². The summed E-state index contributed by atoms with van der Waals surface area (Å²) in [6, 6.07) is 15.1.